The normalized spacial score (nSPS) is 12.1. The number of carboxylic acid groups (broad SMARTS) is 1. The van der Waals surface area contributed by atoms with Crippen LogP contribution >= 0.6 is 27.5 Å². The minimum absolute atomic E-state index is 0.101. The fourth-order valence-electron chi connectivity index (χ4n) is 1.22. The second kappa shape index (κ2) is 6.85. The Kier molecular flexibility index (Phi) is 5.70. The lowest BCUT2D eigenvalue weighted by molar-refractivity contribution is -0.144. The van der Waals surface area contributed by atoms with Gasteiger partial charge in [0.25, 0.3) is 0 Å². The van der Waals surface area contributed by atoms with Crippen molar-refractivity contribution in [1.29, 1.82) is 0 Å². The minimum atomic E-state index is -3.11. The molecule has 0 saturated heterocycles. The van der Waals surface area contributed by atoms with Gasteiger partial charge in [0, 0.05) is 5.02 Å². The van der Waals surface area contributed by atoms with E-state index >= 15 is 0 Å². The van der Waals surface area contributed by atoms with Crippen LogP contribution in [0.15, 0.2) is 16.6 Å². The van der Waals surface area contributed by atoms with Crippen LogP contribution in [0.25, 0.3) is 0 Å². The summed E-state index contributed by atoms with van der Waals surface area (Å²) in [4.78, 5) is 22.3. The third kappa shape index (κ3) is 4.31. The molecule has 5 nitrogen and oxygen atoms in total. The van der Waals surface area contributed by atoms with E-state index in [0.29, 0.717) is 0 Å². The lowest BCUT2D eigenvalue weighted by atomic mass is 10.1. The van der Waals surface area contributed by atoms with Gasteiger partial charge < -0.3 is 15.2 Å². The molecule has 2 N–H and O–H groups in total. The summed E-state index contributed by atoms with van der Waals surface area (Å²) in [5.41, 5.74) is -0.150. The van der Waals surface area contributed by atoms with E-state index in [4.69, 9.17) is 16.7 Å². The van der Waals surface area contributed by atoms with Crippen molar-refractivity contribution < 1.29 is 28.2 Å². The van der Waals surface area contributed by atoms with Gasteiger partial charge in [0.1, 0.15) is 5.92 Å². The van der Waals surface area contributed by atoms with Crippen molar-refractivity contribution >= 4 is 45.1 Å². The fourth-order valence-corrected chi connectivity index (χ4v) is 2.12. The number of ether oxygens (including phenoxy) is 1. The highest BCUT2D eigenvalue weighted by Crippen LogP contribution is 2.37. The molecule has 0 spiro atoms. The van der Waals surface area contributed by atoms with E-state index in [-0.39, 0.29) is 20.9 Å². The molecule has 0 aliphatic carbocycles. The number of anilines is 1. The summed E-state index contributed by atoms with van der Waals surface area (Å²) in [5.74, 6) is -3.92. The van der Waals surface area contributed by atoms with Crippen molar-refractivity contribution in [2.24, 2.45) is 5.92 Å². The van der Waals surface area contributed by atoms with Crippen LogP contribution in [0.2, 0.25) is 5.02 Å². The molecule has 0 aromatic heterocycles. The first-order valence-electron chi connectivity index (χ1n) is 5.20. The third-order valence-electron chi connectivity index (χ3n) is 2.24. The van der Waals surface area contributed by atoms with Gasteiger partial charge in [-0.25, -0.2) is 0 Å². The summed E-state index contributed by atoms with van der Waals surface area (Å²) < 4.78 is 29.0. The first kappa shape index (κ1) is 16.6. The van der Waals surface area contributed by atoms with Gasteiger partial charge >= 0.3 is 12.6 Å². The molecule has 0 fully saturated rings. The molecule has 0 bridgehead atoms. The van der Waals surface area contributed by atoms with Crippen LogP contribution < -0.4 is 10.1 Å². The zero-order valence-corrected chi connectivity index (χ0v) is 12.3. The summed E-state index contributed by atoms with van der Waals surface area (Å²) in [6.45, 7) is -1.95. The van der Waals surface area contributed by atoms with Crippen LogP contribution in [0.4, 0.5) is 14.5 Å². The second-order valence-electron chi connectivity index (χ2n) is 3.69. The average Bonchev–Trinajstić information content (AvgIpc) is 2.31. The predicted octanol–water partition coefficient (Wildman–Crippen LogP) is 3.36. The van der Waals surface area contributed by atoms with E-state index in [0.717, 1.165) is 6.92 Å². The molecule has 0 radical (unpaired) electrons. The molecule has 1 unspecified atom stereocenters. The van der Waals surface area contributed by atoms with Crippen molar-refractivity contribution in [1.82, 2.24) is 0 Å². The number of halogens is 4. The number of nitrogens with one attached hydrogen (secondary N) is 1. The molecule has 1 aromatic carbocycles. The summed E-state index contributed by atoms with van der Waals surface area (Å²) in [6.07, 6.45) is 0. The van der Waals surface area contributed by atoms with Gasteiger partial charge in [-0.05, 0) is 35.0 Å². The predicted molar refractivity (Wildman–Crippen MR) is 71.2 cm³/mol. The highest BCUT2D eigenvalue weighted by atomic mass is 79.9. The Hall–Kier alpha value is -1.41. The van der Waals surface area contributed by atoms with Crippen LogP contribution in [0.3, 0.4) is 0 Å². The molecule has 1 rings (SSSR count). The van der Waals surface area contributed by atoms with E-state index in [1.165, 1.54) is 12.1 Å². The largest absolute Gasteiger partial charge is 0.481 e. The van der Waals surface area contributed by atoms with Crippen LogP contribution in [0.1, 0.15) is 6.92 Å². The van der Waals surface area contributed by atoms with Gasteiger partial charge in [-0.2, -0.15) is 8.78 Å². The Balaban J connectivity index is 3.10. The number of hydrogen-bond acceptors (Lipinski definition) is 3. The van der Waals surface area contributed by atoms with Crippen molar-refractivity contribution in [2.45, 2.75) is 13.5 Å². The van der Waals surface area contributed by atoms with Crippen LogP contribution in [-0.2, 0) is 9.59 Å². The molecular formula is C11H9BrClF2NO4. The molecule has 1 atom stereocenters. The van der Waals surface area contributed by atoms with Gasteiger partial charge in [0.2, 0.25) is 5.91 Å². The zero-order valence-electron chi connectivity index (χ0n) is 9.99. The Bertz CT molecular complexity index is 541. The molecule has 1 aromatic rings. The first-order chi connectivity index (χ1) is 9.22. The SMILES string of the molecule is CC(C(=O)O)C(=O)Nc1cc(Cl)cc(Br)c1OC(F)F. The maximum Gasteiger partial charge on any atom is 0.387 e. The van der Waals surface area contributed by atoms with Crippen LogP contribution in [0.5, 0.6) is 5.75 Å². The topological polar surface area (TPSA) is 75.6 Å². The number of benzene rings is 1. The summed E-state index contributed by atoms with van der Waals surface area (Å²) in [6, 6.07) is 2.48. The smallest absolute Gasteiger partial charge is 0.387 e. The molecule has 0 heterocycles. The fraction of sp³-hybridized carbons (Fsp3) is 0.273. The van der Waals surface area contributed by atoms with Crippen molar-refractivity contribution in [2.75, 3.05) is 5.32 Å². The number of hydrogen-bond donors (Lipinski definition) is 2. The number of carbonyl (C=O) groups excluding carboxylic acids is 1. The first-order valence-corrected chi connectivity index (χ1v) is 6.37. The summed E-state index contributed by atoms with van der Waals surface area (Å²) >= 11 is 8.72. The monoisotopic (exact) mass is 371 g/mol. The van der Waals surface area contributed by atoms with E-state index < -0.39 is 24.4 Å². The number of alkyl halides is 2. The van der Waals surface area contributed by atoms with Crippen LogP contribution in [-0.4, -0.2) is 23.6 Å². The second-order valence-corrected chi connectivity index (χ2v) is 4.98. The van der Waals surface area contributed by atoms with Gasteiger partial charge in [-0.1, -0.05) is 11.6 Å². The number of carboxylic acids is 1. The van der Waals surface area contributed by atoms with Crippen molar-refractivity contribution in [3.63, 3.8) is 0 Å². The average molecular weight is 373 g/mol. The van der Waals surface area contributed by atoms with E-state index in [2.05, 4.69) is 26.0 Å². The molecule has 110 valence electrons. The zero-order chi connectivity index (χ0) is 15.4. The Morgan fingerprint density at radius 1 is 1.45 bits per heavy atom. The van der Waals surface area contributed by atoms with Crippen LogP contribution in [0, 0.1) is 5.92 Å². The van der Waals surface area contributed by atoms with E-state index in [1.807, 2.05) is 0 Å². The van der Waals surface area contributed by atoms with E-state index in [9.17, 15) is 18.4 Å². The highest BCUT2D eigenvalue weighted by Gasteiger charge is 2.23. The minimum Gasteiger partial charge on any atom is -0.481 e. The standard InChI is InChI=1S/C11H9BrClF2NO4/c1-4(10(18)19)9(17)16-7-3-5(13)2-6(12)8(7)20-11(14)15/h2-4,11H,1H3,(H,16,17)(H,18,19). The Labute approximate surface area is 126 Å². The van der Waals surface area contributed by atoms with Gasteiger partial charge in [0.15, 0.2) is 5.75 Å². The van der Waals surface area contributed by atoms with Crippen molar-refractivity contribution in [3.05, 3.63) is 21.6 Å². The summed E-state index contributed by atoms with van der Waals surface area (Å²) in [5, 5.41) is 11.0. The lowest BCUT2D eigenvalue weighted by Gasteiger charge is -2.15. The molecule has 0 aliphatic rings. The number of carbonyl (C=O) groups is 2. The molecule has 20 heavy (non-hydrogen) atoms. The van der Waals surface area contributed by atoms with Gasteiger partial charge in [-0.3, -0.25) is 9.59 Å². The molecule has 1 amide bonds. The molecule has 9 heteroatoms. The quantitative estimate of drug-likeness (QED) is 0.777. The number of aliphatic carboxylic acids is 1. The number of amides is 1. The molecular weight excluding hydrogens is 363 g/mol. The van der Waals surface area contributed by atoms with E-state index in [1.54, 1.807) is 0 Å². The Morgan fingerprint density at radius 3 is 2.55 bits per heavy atom. The third-order valence-corrected chi connectivity index (χ3v) is 3.04. The lowest BCUT2D eigenvalue weighted by Crippen LogP contribution is -2.27. The Morgan fingerprint density at radius 2 is 2.05 bits per heavy atom. The van der Waals surface area contributed by atoms with Crippen molar-refractivity contribution in [3.8, 4) is 5.75 Å². The van der Waals surface area contributed by atoms with Gasteiger partial charge in [-0.15, -0.1) is 0 Å². The molecule has 0 aliphatic heterocycles. The maximum absolute atomic E-state index is 12.3. The summed E-state index contributed by atoms with van der Waals surface area (Å²) in [7, 11) is 0. The number of rotatable bonds is 5. The molecule has 0 saturated carbocycles. The highest BCUT2D eigenvalue weighted by molar-refractivity contribution is 9.10. The van der Waals surface area contributed by atoms with Gasteiger partial charge in [0.05, 0.1) is 10.2 Å². The maximum atomic E-state index is 12.3.